The lowest BCUT2D eigenvalue weighted by Gasteiger charge is -2.11. The molecule has 0 saturated heterocycles. The molecule has 2 N–H and O–H groups in total. The van der Waals surface area contributed by atoms with Gasteiger partial charge in [-0.15, -0.1) is 0 Å². The Balaban J connectivity index is 2.15. The number of aromatic nitrogens is 1. The molecule has 0 saturated carbocycles. The number of alkyl halides is 2. The number of hydrogen-bond donors (Lipinski definition) is 2. The maximum atomic E-state index is 12.4. The Morgan fingerprint density at radius 1 is 1.23 bits per heavy atom. The summed E-state index contributed by atoms with van der Waals surface area (Å²) in [4.78, 5) is 27.3. The quantitative estimate of drug-likeness (QED) is 0.737. The Kier molecular flexibility index (Phi) is 6.32. The van der Waals surface area contributed by atoms with Crippen molar-refractivity contribution in [1.82, 2.24) is 10.3 Å². The highest BCUT2D eigenvalue weighted by atomic mass is 19.3. The van der Waals surface area contributed by atoms with E-state index in [1.165, 1.54) is 6.07 Å². The van der Waals surface area contributed by atoms with Crippen molar-refractivity contribution in [2.24, 2.45) is 0 Å². The molecule has 140 valence electrons. The zero-order chi connectivity index (χ0) is 19.3. The van der Waals surface area contributed by atoms with E-state index in [-0.39, 0.29) is 24.6 Å². The van der Waals surface area contributed by atoms with Gasteiger partial charge in [0.15, 0.2) is 0 Å². The Morgan fingerprint density at radius 3 is 2.58 bits per heavy atom. The number of carbonyl (C=O) groups is 2. The molecular formula is C18H20F2N2O4. The van der Waals surface area contributed by atoms with Gasteiger partial charge in [-0.25, -0.2) is 4.79 Å². The van der Waals surface area contributed by atoms with Crippen LogP contribution in [-0.2, 0) is 11.3 Å². The van der Waals surface area contributed by atoms with Gasteiger partial charge in [-0.05, 0) is 32.4 Å². The number of nitrogens with one attached hydrogen (secondary N) is 2. The molecule has 0 spiro atoms. The zero-order valence-corrected chi connectivity index (χ0v) is 14.7. The molecule has 26 heavy (non-hydrogen) atoms. The van der Waals surface area contributed by atoms with Crippen LogP contribution < -0.4 is 10.1 Å². The topological polar surface area (TPSA) is 80.4 Å². The number of para-hydroxylation sites is 1. The normalized spacial score (nSPS) is 10.7. The van der Waals surface area contributed by atoms with Gasteiger partial charge in [-0.2, -0.15) is 8.78 Å². The fourth-order valence-electron chi connectivity index (χ4n) is 2.61. The molecule has 0 aliphatic rings. The van der Waals surface area contributed by atoms with Gasteiger partial charge in [0.1, 0.15) is 11.4 Å². The van der Waals surface area contributed by atoms with Crippen molar-refractivity contribution in [3.05, 3.63) is 52.3 Å². The van der Waals surface area contributed by atoms with E-state index >= 15 is 0 Å². The molecule has 0 aliphatic heterocycles. The first-order valence-corrected chi connectivity index (χ1v) is 8.02. The van der Waals surface area contributed by atoms with Gasteiger partial charge >= 0.3 is 12.6 Å². The van der Waals surface area contributed by atoms with Crippen molar-refractivity contribution in [1.29, 1.82) is 0 Å². The predicted molar refractivity (Wildman–Crippen MR) is 90.5 cm³/mol. The molecule has 1 heterocycles. The van der Waals surface area contributed by atoms with Crippen molar-refractivity contribution in [3.8, 4) is 5.75 Å². The standard InChI is InChI=1S/C18H20F2N2O4/c1-4-25-17(24)14-10(2)15(22-11(14)3)16(23)21-9-12-7-5-6-8-13(12)26-18(19)20/h5-8,18,22H,4,9H2,1-3H3,(H,21,23). The number of halogens is 2. The van der Waals surface area contributed by atoms with Crippen LogP contribution >= 0.6 is 0 Å². The number of ether oxygens (including phenoxy) is 2. The summed E-state index contributed by atoms with van der Waals surface area (Å²) in [7, 11) is 0. The Labute approximate surface area is 149 Å². The number of H-pyrrole nitrogens is 1. The summed E-state index contributed by atoms with van der Waals surface area (Å²) in [5.74, 6) is -0.976. The molecule has 0 atom stereocenters. The van der Waals surface area contributed by atoms with Crippen LogP contribution in [0.4, 0.5) is 8.78 Å². The number of aromatic amines is 1. The number of amides is 1. The average molecular weight is 366 g/mol. The van der Waals surface area contributed by atoms with E-state index in [2.05, 4.69) is 15.0 Å². The lowest BCUT2D eigenvalue weighted by Crippen LogP contribution is -2.24. The molecule has 2 aromatic rings. The van der Waals surface area contributed by atoms with Gasteiger partial charge in [-0.3, -0.25) is 4.79 Å². The van der Waals surface area contributed by atoms with Gasteiger partial charge in [0.05, 0.1) is 12.2 Å². The van der Waals surface area contributed by atoms with Gasteiger partial charge in [0.2, 0.25) is 0 Å². The third kappa shape index (κ3) is 4.38. The first-order chi connectivity index (χ1) is 12.3. The van der Waals surface area contributed by atoms with Crippen LogP contribution in [0, 0.1) is 13.8 Å². The van der Waals surface area contributed by atoms with Gasteiger partial charge in [0.25, 0.3) is 5.91 Å². The molecule has 1 amide bonds. The predicted octanol–water partition coefficient (Wildman–Crippen LogP) is 3.34. The van der Waals surface area contributed by atoms with Crippen LogP contribution in [0.2, 0.25) is 0 Å². The van der Waals surface area contributed by atoms with Crippen LogP contribution in [0.15, 0.2) is 24.3 Å². The van der Waals surface area contributed by atoms with E-state index in [4.69, 9.17) is 4.74 Å². The minimum atomic E-state index is -2.95. The molecule has 2 rings (SSSR count). The summed E-state index contributed by atoms with van der Waals surface area (Å²) in [6, 6.07) is 6.20. The number of aryl methyl sites for hydroxylation is 1. The summed E-state index contributed by atoms with van der Waals surface area (Å²) in [5.41, 5.74) is 1.94. The smallest absolute Gasteiger partial charge is 0.387 e. The summed E-state index contributed by atoms with van der Waals surface area (Å²) in [5, 5.41) is 2.63. The third-order valence-electron chi connectivity index (χ3n) is 3.77. The van der Waals surface area contributed by atoms with E-state index in [1.54, 1.807) is 39.0 Å². The highest BCUT2D eigenvalue weighted by Crippen LogP contribution is 2.21. The van der Waals surface area contributed by atoms with Crippen molar-refractivity contribution >= 4 is 11.9 Å². The van der Waals surface area contributed by atoms with Crippen LogP contribution in [0.3, 0.4) is 0 Å². The molecule has 0 radical (unpaired) electrons. The second-order valence-corrected chi connectivity index (χ2v) is 5.51. The number of benzene rings is 1. The lowest BCUT2D eigenvalue weighted by molar-refractivity contribution is -0.0504. The summed E-state index contributed by atoms with van der Waals surface area (Å²) in [6.45, 7) is 2.27. The fourth-order valence-corrected chi connectivity index (χ4v) is 2.61. The number of esters is 1. The molecule has 0 aliphatic carbocycles. The first kappa shape index (κ1) is 19.4. The monoisotopic (exact) mass is 366 g/mol. The van der Waals surface area contributed by atoms with Gasteiger partial charge in [0, 0.05) is 17.8 Å². The minimum absolute atomic E-state index is 0.00518. The summed E-state index contributed by atoms with van der Waals surface area (Å²) in [6.07, 6.45) is 0. The van der Waals surface area contributed by atoms with Crippen molar-refractivity contribution in [2.45, 2.75) is 33.9 Å². The average Bonchev–Trinajstić information content (AvgIpc) is 2.88. The second-order valence-electron chi connectivity index (χ2n) is 5.51. The van der Waals surface area contributed by atoms with Crippen LogP contribution in [0.25, 0.3) is 0 Å². The van der Waals surface area contributed by atoms with E-state index in [0.29, 0.717) is 22.4 Å². The van der Waals surface area contributed by atoms with Gasteiger partial charge in [-0.1, -0.05) is 18.2 Å². The number of carbonyl (C=O) groups excluding carboxylic acids is 2. The van der Waals surface area contributed by atoms with Gasteiger partial charge < -0.3 is 19.8 Å². The number of hydrogen-bond acceptors (Lipinski definition) is 4. The molecule has 1 aromatic heterocycles. The molecule has 0 fully saturated rings. The molecule has 1 aromatic carbocycles. The Bertz CT molecular complexity index is 802. The lowest BCUT2D eigenvalue weighted by atomic mass is 10.1. The summed E-state index contributed by atoms with van der Waals surface area (Å²) < 4.78 is 34.3. The second kappa shape index (κ2) is 8.46. The SMILES string of the molecule is CCOC(=O)c1c(C)[nH]c(C(=O)NCc2ccccc2OC(F)F)c1C. The highest BCUT2D eigenvalue weighted by molar-refractivity contribution is 6.00. The third-order valence-corrected chi connectivity index (χ3v) is 3.77. The molecule has 6 nitrogen and oxygen atoms in total. The Hall–Kier alpha value is -2.90. The summed E-state index contributed by atoms with van der Waals surface area (Å²) >= 11 is 0. The molecule has 8 heteroatoms. The van der Waals surface area contributed by atoms with E-state index in [1.807, 2.05) is 0 Å². The van der Waals surface area contributed by atoms with Crippen LogP contribution in [0.1, 0.15) is 44.6 Å². The zero-order valence-electron chi connectivity index (χ0n) is 14.7. The van der Waals surface area contributed by atoms with Crippen molar-refractivity contribution < 1.29 is 27.8 Å². The maximum Gasteiger partial charge on any atom is 0.387 e. The highest BCUT2D eigenvalue weighted by Gasteiger charge is 2.23. The van der Waals surface area contributed by atoms with E-state index < -0.39 is 18.5 Å². The minimum Gasteiger partial charge on any atom is -0.462 e. The number of rotatable bonds is 7. The van der Waals surface area contributed by atoms with E-state index in [9.17, 15) is 18.4 Å². The maximum absolute atomic E-state index is 12.4. The van der Waals surface area contributed by atoms with Crippen LogP contribution in [0.5, 0.6) is 5.75 Å². The molecule has 0 bridgehead atoms. The molecule has 0 unspecified atom stereocenters. The van der Waals surface area contributed by atoms with Crippen molar-refractivity contribution in [2.75, 3.05) is 6.61 Å². The largest absolute Gasteiger partial charge is 0.462 e. The van der Waals surface area contributed by atoms with Crippen molar-refractivity contribution in [3.63, 3.8) is 0 Å². The molecular weight excluding hydrogens is 346 g/mol. The Morgan fingerprint density at radius 2 is 1.92 bits per heavy atom. The fraction of sp³-hybridized carbons (Fsp3) is 0.333. The van der Waals surface area contributed by atoms with E-state index in [0.717, 1.165) is 0 Å². The van der Waals surface area contributed by atoms with Crippen LogP contribution in [-0.4, -0.2) is 30.1 Å². The first-order valence-electron chi connectivity index (χ1n) is 8.02.